The van der Waals surface area contributed by atoms with E-state index in [1.165, 1.54) is 0 Å². The van der Waals surface area contributed by atoms with Crippen LogP contribution in [0.2, 0.25) is 0 Å². The molecule has 14 heavy (non-hydrogen) atoms. The van der Waals surface area contributed by atoms with Crippen molar-refractivity contribution in [2.75, 3.05) is 26.2 Å². The molecule has 2 rings (SSSR count). The van der Waals surface area contributed by atoms with Gasteiger partial charge in [0.05, 0.1) is 12.7 Å². The van der Waals surface area contributed by atoms with E-state index < -0.39 is 0 Å². The van der Waals surface area contributed by atoms with Gasteiger partial charge in [-0.2, -0.15) is 0 Å². The largest absolute Gasteiger partial charge is 0.378 e. The standard InChI is InChI=1S/C10H18N2O2/c13-10-5-8(6-12-10)7-14-9-1-3-11-4-2-9/h8-9,11H,1-7H2,(H,12,13)/t8-/m0/s1. The van der Waals surface area contributed by atoms with Crippen LogP contribution in [0.1, 0.15) is 19.3 Å². The molecule has 2 heterocycles. The lowest BCUT2D eigenvalue weighted by Gasteiger charge is -2.24. The number of piperidine rings is 1. The molecule has 2 N–H and O–H groups in total. The first kappa shape index (κ1) is 9.93. The molecule has 80 valence electrons. The van der Waals surface area contributed by atoms with Gasteiger partial charge in [0.1, 0.15) is 0 Å². The van der Waals surface area contributed by atoms with Crippen molar-refractivity contribution in [3.63, 3.8) is 0 Å². The van der Waals surface area contributed by atoms with Crippen LogP contribution in [0.15, 0.2) is 0 Å². The molecule has 0 aromatic heterocycles. The zero-order valence-electron chi connectivity index (χ0n) is 8.42. The fourth-order valence-corrected chi connectivity index (χ4v) is 2.02. The molecule has 2 saturated heterocycles. The Balaban J connectivity index is 1.63. The molecule has 0 aromatic carbocycles. The lowest BCUT2D eigenvalue weighted by Crippen LogP contribution is -2.33. The Hall–Kier alpha value is -0.610. The van der Waals surface area contributed by atoms with Crippen LogP contribution in [0.3, 0.4) is 0 Å². The highest BCUT2D eigenvalue weighted by Gasteiger charge is 2.23. The Kier molecular flexibility index (Phi) is 3.37. The van der Waals surface area contributed by atoms with Crippen LogP contribution in [0.5, 0.6) is 0 Å². The van der Waals surface area contributed by atoms with E-state index in [-0.39, 0.29) is 5.91 Å². The fourth-order valence-electron chi connectivity index (χ4n) is 2.02. The molecule has 2 fully saturated rings. The molecule has 0 unspecified atom stereocenters. The van der Waals surface area contributed by atoms with Gasteiger partial charge in [0, 0.05) is 18.9 Å². The van der Waals surface area contributed by atoms with E-state index in [0.717, 1.165) is 39.1 Å². The SMILES string of the molecule is O=C1C[C@H](COC2CCNCC2)CN1. The third-order valence-corrected chi connectivity index (χ3v) is 2.92. The van der Waals surface area contributed by atoms with Gasteiger partial charge in [-0.15, -0.1) is 0 Å². The van der Waals surface area contributed by atoms with E-state index in [2.05, 4.69) is 10.6 Å². The van der Waals surface area contributed by atoms with Gasteiger partial charge in [-0.3, -0.25) is 4.79 Å². The minimum Gasteiger partial charge on any atom is -0.378 e. The molecule has 0 aromatic rings. The van der Waals surface area contributed by atoms with Crippen molar-refractivity contribution in [2.24, 2.45) is 5.92 Å². The molecular formula is C10H18N2O2. The summed E-state index contributed by atoms with van der Waals surface area (Å²) in [7, 11) is 0. The van der Waals surface area contributed by atoms with Crippen molar-refractivity contribution < 1.29 is 9.53 Å². The Labute approximate surface area is 84.4 Å². The summed E-state index contributed by atoms with van der Waals surface area (Å²) in [5.74, 6) is 0.571. The first-order valence-corrected chi connectivity index (χ1v) is 5.43. The normalized spacial score (nSPS) is 29.1. The van der Waals surface area contributed by atoms with Crippen LogP contribution in [-0.2, 0) is 9.53 Å². The summed E-state index contributed by atoms with van der Waals surface area (Å²) in [5.41, 5.74) is 0. The van der Waals surface area contributed by atoms with Gasteiger partial charge in [0.15, 0.2) is 0 Å². The van der Waals surface area contributed by atoms with Gasteiger partial charge in [-0.25, -0.2) is 0 Å². The quantitative estimate of drug-likeness (QED) is 0.665. The molecule has 2 aliphatic heterocycles. The summed E-state index contributed by atoms with van der Waals surface area (Å²) < 4.78 is 5.78. The number of nitrogens with one attached hydrogen (secondary N) is 2. The van der Waals surface area contributed by atoms with Crippen LogP contribution >= 0.6 is 0 Å². The molecule has 4 nitrogen and oxygen atoms in total. The molecule has 0 aliphatic carbocycles. The number of carbonyl (C=O) groups excluding carboxylic acids is 1. The Morgan fingerprint density at radius 3 is 2.79 bits per heavy atom. The highest BCUT2D eigenvalue weighted by molar-refractivity contribution is 5.78. The first-order chi connectivity index (χ1) is 6.84. The molecule has 2 aliphatic rings. The first-order valence-electron chi connectivity index (χ1n) is 5.43. The van der Waals surface area contributed by atoms with Crippen molar-refractivity contribution in [3.05, 3.63) is 0 Å². The summed E-state index contributed by atoms with van der Waals surface area (Å²) in [6.07, 6.45) is 3.26. The number of carbonyl (C=O) groups is 1. The second kappa shape index (κ2) is 4.75. The molecule has 1 atom stereocenters. The lowest BCUT2D eigenvalue weighted by atomic mass is 10.1. The van der Waals surface area contributed by atoms with Gasteiger partial charge in [-0.1, -0.05) is 0 Å². The third kappa shape index (κ3) is 2.69. The smallest absolute Gasteiger partial charge is 0.220 e. The number of rotatable bonds is 3. The van der Waals surface area contributed by atoms with E-state index in [9.17, 15) is 4.79 Å². The predicted molar refractivity (Wildman–Crippen MR) is 53.0 cm³/mol. The third-order valence-electron chi connectivity index (χ3n) is 2.92. The van der Waals surface area contributed by atoms with Crippen molar-refractivity contribution in [1.29, 1.82) is 0 Å². The fraction of sp³-hybridized carbons (Fsp3) is 0.900. The number of hydrogen-bond donors (Lipinski definition) is 2. The Morgan fingerprint density at radius 1 is 1.36 bits per heavy atom. The highest BCUT2D eigenvalue weighted by atomic mass is 16.5. The van der Waals surface area contributed by atoms with Gasteiger partial charge in [0.25, 0.3) is 0 Å². The van der Waals surface area contributed by atoms with Gasteiger partial charge >= 0.3 is 0 Å². The van der Waals surface area contributed by atoms with Gasteiger partial charge in [0.2, 0.25) is 5.91 Å². The van der Waals surface area contributed by atoms with E-state index >= 15 is 0 Å². The minimum atomic E-state index is 0.170. The summed E-state index contributed by atoms with van der Waals surface area (Å²) in [6, 6.07) is 0. The van der Waals surface area contributed by atoms with Crippen LogP contribution < -0.4 is 10.6 Å². The van der Waals surface area contributed by atoms with Gasteiger partial charge < -0.3 is 15.4 Å². The maximum absolute atomic E-state index is 10.9. The summed E-state index contributed by atoms with van der Waals surface area (Å²) >= 11 is 0. The molecular weight excluding hydrogens is 180 g/mol. The van der Waals surface area contributed by atoms with Crippen LogP contribution in [-0.4, -0.2) is 38.3 Å². The zero-order chi connectivity index (χ0) is 9.80. The van der Waals surface area contributed by atoms with Crippen molar-refractivity contribution in [3.8, 4) is 0 Å². The second-order valence-corrected chi connectivity index (χ2v) is 4.16. The average Bonchev–Trinajstić information content (AvgIpc) is 2.63. The number of ether oxygens (including phenoxy) is 1. The summed E-state index contributed by atoms with van der Waals surface area (Å²) in [6.45, 7) is 3.66. The summed E-state index contributed by atoms with van der Waals surface area (Å²) in [4.78, 5) is 10.9. The summed E-state index contributed by atoms with van der Waals surface area (Å²) in [5, 5.41) is 6.13. The molecule has 4 heteroatoms. The minimum absolute atomic E-state index is 0.170. The van der Waals surface area contributed by atoms with Crippen LogP contribution in [0, 0.1) is 5.92 Å². The maximum atomic E-state index is 10.9. The zero-order valence-corrected chi connectivity index (χ0v) is 8.42. The van der Waals surface area contributed by atoms with Crippen molar-refractivity contribution >= 4 is 5.91 Å². The Morgan fingerprint density at radius 2 is 2.14 bits per heavy atom. The number of amides is 1. The predicted octanol–water partition coefficient (Wildman–Crippen LogP) is -0.109. The lowest BCUT2D eigenvalue weighted by molar-refractivity contribution is -0.119. The molecule has 0 spiro atoms. The van der Waals surface area contributed by atoms with Crippen LogP contribution in [0.25, 0.3) is 0 Å². The second-order valence-electron chi connectivity index (χ2n) is 4.16. The molecule has 0 bridgehead atoms. The number of hydrogen-bond acceptors (Lipinski definition) is 3. The van der Waals surface area contributed by atoms with Crippen molar-refractivity contribution in [1.82, 2.24) is 10.6 Å². The molecule has 1 amide bonds. The van der Waals surface area contributed by atoms with E-state index in [0.29, 0.717) is 18.4 Å². The van der Waals surface area contributed by atoms with E-state index in [1.807, 2.05) is 0 Å². The van der Waals surface area contributed by atoms with Gasteiger partial charge in [-0.05, 0) is 25.9 Å². The highest BCUT2D eigenvalue weighted by Crippen LogP contribution is 2.13. The van der Waals surface area contributed by atoms with E-state index in [4.69, 9.17) is 4.74 Å². The monoisotopic (exact) mass is 198 g/mol. The van der Waals surface area contributed by atoms with Crippen molar-refractivity contribution in [2.45, 2.75) is 25.4 Å². The topological polar surface area (TPSA) is 50.4 Å². The van der Waals surface area contributed by atoms with Crippen LogP contribution in [0.4, 0.5) is 0 Å². The average molecular weight is 198 g/mol. The van der Waals surface area contributed by atoms with E-state index in [1.54, 1.807) is 0 Å². The Bertz CT molecular complexity index is 202. The molecule has 0 saturated carbocycles. The molecule has 0 radical (unpaired) electrons. The maximum Gasteiger partial charge on any atom is 0.220 e.